The number of carbonyl (C=O) groups is 4. The lowest BCUT2D eigenvalue weighted by Crippen LogP contribution is -2.50. The monoisotopic (exact) mass is 951 g/mol. The third-order valence-electron chi connectivity index (χ3n) is 18.5. The van der Waals surface area contributed by atoms with Gasteiger partial charge >= 0.3 is 12.1 Å². The number of ketones is 1. The highest BCUT2D eigenvalue weighted by Gasteiger charge is 2.59. The number of fused-ring (bicyclic) bond motifs is 6. The van der Waals surface area contributed by atoms with Gasteiger partial charge in [0.05, 0.1) is 17.6 Å². The van der Waals surface area contributed by atoms with Crippen LogP contribution in [0.1, 0.15) is 169 Å². The van der Waals surface area contributed by atoms with Crippen molar-refractivity contribution in [2.75, 3.05) is 11.7 Å². The van der Waals surface area contributed by atoms with Gasteiger partial charge in [-0.05, 0) is 195 Å². The zero-order valence-electron chi connectivity index (χ0n) is 41.6. The van der Waals surface area contributed by atoms with E-state index in [0.717, 1.165) is 102 Å². The van der Waals surface area contributed by atoms with Crippen molar-refractivity contribution in [3.63, 3.8) is 0 Å². The second-order valence-electron chi connectivity index (χ2n) is 22.8. The minimum absolute atomic E-state index is 0.00170. The number of amides is 2. The van der Waals surface area contributed by atoms with E-state index in [2.05, 4.69) is 45.7 Å². The number of Topliss-reactive ketones (excluding diaryl/α,β-unsaturated/α-hetero) is 1. The van der Waals surface area contributed by atoms with Crippen molar-refractivity contribution in [2.45, 2.75) is 163 Å². The second-order valence-corrected chi connectivity index (χ2v) is 23.2. The first-order valence-corrected chi connectivity index (χ1v) is 26.6. The van der Waals surface area contributed by atoms with E-state index in [1.807, 2.05) is 13.0 Å². The zero-order chi connectivity index (χ0) is 48.3. The van der Waals surface area contributed by atoms with Crippen LogP contribution in [0.25, 0.3) is 10.9 Å². The average Bonchev–Trinajstić information content (AvgIpc) is 3.68. The summed E-state index contributed by atoms with van der Waals surface area (Å²) in [5.74, 6) is 3.42. The molecule has 1 heterocycles. The van der Waals surface area contributed by atoms with Gasteiger partial charge in [0.15, 0.2) is 0 Å². The Hall–Kier alpha value is -4.11. The maximum Gasteiger partial charge on any atom is 0.424 e. The van der Waals surface area contributed by atoms with Gasteiger partial charge in [0, 0.05) is 35.4 Å². The topological polar surface area (TPSA) is 103 Å². The Balaban J connectivity index is 0.791. The number of aromatic nitrogens is 1. The number of halogens is 2. The molecule has 0 radical (unpaired) electrons. The van der Waals surface area contributed by atoms with Gasteiger partial charge in [-0.2, -0.15) is 0 Å². The summed E-state index contributed by atoms with van der Waals surface area (Å²) >= 11 is 6.17. The number of carbonyl (C=O) groups excluding carboxylic acids is 4. The average molecular weight is 952 g/mol. The smallest absolute Gasteiger partial charge is 0.424 e. The van der Waals surface area contributed by atoms with E-state index < -0.39 is 30.7 Å². The molecule has 9 atom stereocenters. The molecular formula is C58H76ClFN2O6. The molecule has 2 aromatic carbocycles. The minimum atomic E-state index is -0.962. The lowest BCUT2D eigenvalue weighted by atomic mass is 9.46. The summed E-state index contributed by atoms with van der Waals surface area (Å²) in [6.45, 7) is 13.6. The number of nitrogens with zero attached hydrogens (tertiary/aromatic N) is 2. The maximum atomic E-state index is 14.2. The molecule has 1 aromatic heterocycles. The van der Waals surface area contributed by atoms with Gasteiger partial charge in [-0.3, -0.25) is 19.4 Å². The number of esters is 1. The number of benzene rings is 2. The maximum absolute atomic E-state index is 14.2. The van der Waals surface area contributed by atoms with Crippen molar-refractivity contribution in [1.82, 2.24) is 4.98 Å². The Morgan fingerprint density at radius 1 is 0.853 bits per heavy atom. The Labute approximate surface area is 409 Å². The van der Waals surface area contributed by atoms with Crippen LogP contribution in [0.4, 0.5) is 14.9 Å². The fourth-order valence-corrected chi connectivity index (χ4v) is 14.8. The molecule has 0 N–H and O–H groups in total. The normalized spacial score (nSPS) is 29.8. The molecular weight excluding hydrogens is 875 g/mol. The van der Waals surface area contributed by atoms with E-state index in [1.54, 1.807) is 48.2 Å². The summed E-state index contributed by atoms with van der Waals surface area (Å²) in [5, 5.41) is 1.26. The van der Waals surface area contributed by atoms with Crippen LogP contribution in [0.5, 0.6) is 0 Å². The molecule has 0 aliphatic heterocycles. The van der Waals surface area contributed by atoms with Gasteiger partial charge in [0.25, 0.3) is 0 Å². The molecule has 5 aliphatic rings. The summed E-state index contributed by atoms with van der Waals surface area (Å²) in [6, 6.07) is 13.0. The number of allylic oxidation sites excluding steroid dienone is 2. The molecule has 4 fully saturated rings. The van der Waals surface area contributed by atoms with Crippen molar-refractivity contribution in [2.24, 2.45) is 64.1 Å². The second kappa shape index (κ2) is 21.5. The van der Waals surface area contributed by atoms with Crippen LogP contribution in [0.15, 0.2) is 66.4 Å². The first kappa shape index (κ1) is 50.3. The lowest BCUT2D eigenvalue weighted by Gasteiger charge is -2.58. The first-order chi connectivity index (χ1) is 32.5. The Bertz CT molecular complexity index is 2320. The van der Waals surface area contributed by atoms with Crippen LogP contribution in [0, 0.1) is 69.9 Å². The number of anilines is 1. The standard InChI is InChI=1S/C58H76ClFN2O6/c1-36(2)8-7-9-37(3)50-22-23-51-48-21-14-42-32-39(26-29-57(42,5)52(48)27-30-58(50,51)6)33-46(63)20-25-54(64)67-35-68-56(66)62(45-18-15-43(59)16-19-45)55(65)38(4)40-10-12-41(13-11-40)47-28-31-61-53-24-17-44(60)34-49(47)53/h14-19,24,28,31,34,36-41,48,50-52H,7-13,20-23,25-27,29-30,32-33,35H2,1-6H3/t37-,38-,39+,40?,41?,48+,50-,51+,52+,57+,58-/m1/s1. The molecule has 0 spiro atoms. The van der Waals surface area contributed by atoms with Gasteiger partial charge in [-0.15, -0.1) is 0 Å². The highest BCUT2D eigenvalue weighted by molar-refractivity contribution is 6.30. The molecule has 10 heteroatoms. The molecule has 68 heavy (non-hydrogen) atoms. The number of ether oxygens (including phenoxy) is 2. The van der Waals surface area contributed by atoms with Gasteiger partial charge in [0.2, 0.25) is 12.7 Å². The number of hydrogen-bond acceptors (Lipinski definition) is 7. The molecule has 0 bridgehead atoms. The van der Waals surface area contributed by atoms with Crippen LogP contribution in [-0.2, 0) is 23.9 Å². The summed E-state index contributed by atoms with van der Waals surface area (Å²) in [5.41, 5.74) is 4.37. The molecule has 8 nitrogen and oxygen atoms in total. The Kier molecular flexibility index (Phi) is 15.9. The number of hydrogen-bond donors (Lipinski definition) is 0. The van der Waals surface area contributed by atoms with Gasteiger partial charge in [-0.1, -0.05) is 84.1 Å². The molecule has 0 unspecified atom stereocenters. The van der Waals surface area contributed by atoms with E-state index in [9.17, 15) is 23.6 Å². The van der Waals surface area contributed by atoms with Crippen LogP contribution in [0.2, 0.25) is 5.02 Å². The van der Waals surface area contributed by atoms with Gasteiger partial charge in [0.1, 0.15) is 11.6 Å². The summed E-state index contributed by atoms with van der Waals surface area (Å²) in [6.07, 6.45) is 20.8. The van der Waals surface area contributed by atoms with E-state index in [1.165, 1.54) is 57.4 Å². The van der Waals surface area contributed by atoms with E-state index >= 15 is 0 Å². The predicted octanol–water partition coefficient (Wildman–Crippen LogP) is 15.0. The lowest BCUT2D eigenvalue weighted by molar-refractivity contribution is -0.152. The largest absolute Gasteiger partial charge is 0.428 e. The Morgan fingerprint density at radius 2 is 1.62 bits per heavy atom. The van der Waals surface area contributed by atoms with Crippen LogP contribution >= 0.6 is 11.6 Å². The first-order valence-electron chi connectivity index (χ1n) is 26.2. The number of imide groups is 1. The van der Waals surface area contributed by atoms with E-state index in [0.29, 0.717) is 22.5 Å². The molecule has 2 amide bonds. The third-order valence-corrected chi connectivity index (χ3v) is 18.7. The summed E-state index contributed by atoms with van der Waals surface area (Å²) < 4.78 is 24.9. The molecule has 4 saturated carbocycles. The zero-order valence-corrected chi connectivity index (χ0v) is 42.3. The van der Waals surface area contributed by atoms with Crippen molar-refractivity contribution < 1.29 is 33.0 Å². The van der Waals surface area contributed by atoms with Gasteiger partial charge in [-0.25, -0.2) is 14.1 Å². The van der Waals surface area contributed by atoms with Crippen LogP contribution in [0.3, 0.4) is 0 Å². The molecule has 5 aliphatic carbocycles. The van der Waals surface area contributed by atoms with Crippen molar-refractivity contribution in [1.29, 1.82) is 0 Å². The fourth-order valence-electron chi connectivity index (χ4n) is 14.6. The highest BCUT2D eigenvalue weighted by Crippen LogP contribution is 2.67. The van der Waals surface area contributed by atoms with Crippen molar-refractivity contribution in [3.05, 3.63) is 82.8 Å². The quantitative estimate of drug-likeness (QED) is 0.0800. The SMILES string of the molecule is CC(C)CCC[C@@H](C)[C@H]1CC[C@H]2[C@@H]3CC=C4C[C@@H](CC(=O)CCC(=O)OCOC(=O)N(C(=O)[C@H](C)C5CCC(c6ccnc7ccc(F)cc67)CC5)c5ccc(Cl)cc5)CC[C@]4(C)[C@H]3CC[C@]12C. The van der Waals surface area contributed by atoms with E-state index in [4.69, 9.17) is 21.1 Å². The minimum Gasteiger partial charge on any atom is -0.428 e. The third kappa shape index (κ3) is 10.8. The number of rotatable bonds is 16. The molecule has 8 rings (SSSR count). The number of pyridine rings is 1. The summed E-state index contributed by atoms with van der Waals surface area (Å²) in [7, 11) is 0. The van der Waals surface area contributed by atoms with Gasteiger partial charge < -0.3 is 9.47 Å². The van der Waals surface area contributed by atoms with Crippen LogP contribution in [-0.4, -0.2) is 35.5 Å². The molecule has 368 valence electrons. The van der Waals surface area contributed by atoms with E-state index in [-0.39, 0.29) is 47.6 Å². The van der Waals surface area contributed by atoms with Crippen molar-refractivity contribution >= 4 is 51.9 Å². The predicted molar refractivity (Wildman–Crippen MR) is 267 cm³/mol. The Morgan fingerprint density at radius 3 is 2.37 bits per heavy atom. The molecule has 3 aromatic rings. The van der Waals surface area contributed by atoms with Crippen LogP contribution < -0.4 is 4.90 Å². The molecule has 0 saturated heterocycles. The van der Waals surface area contributed by atoms with Crippen molar-refractivity contribution in [3.8, 4) is 0 Å². The summed E-state index contributed by atoms with van der Waals surface area (Å²) in [4.78, 5) is 59.4. The highest BCUT2D eigenvalue weighted by atomic mass is 35.5. The fraction of sp³-hybridized carbons (Fsp3) is 0.638.